The van der Waals surface area contributed by atoms with Gasteiger partial charge in [0.25, 0.3) is 0 Å². The lowest BCUT2D eigenvalue weighted by molar-refractivity contribution is 1.19. The van der Waals surface area contributed by atoms with Crippen molar-refractivity contribution in [2.45, 2.75) is 0 Å². The van der Waals surface area contributed by atoms with Crippen molar-refractivity contribution in [2.24, 2.45) is 0 Å². The third-order valence-corrected chi connectivity index (χ3v) is 8.30. The minimum absolute atomic E-state index is 0.636. The van der Waals surface area contributed by atoms with Crippen molar-refractivity contribution in [1.29, 1.82) is 5.26 Å². The smallest absolute Gasteiger partial charge is 0.161 e. The van der Waals surface area contributed by atoms with Crippen LogP contribution in [0.1, 0.15) is 5.56 Å². The number of rotatable bonds is 4. The van der Waals surface area contributed by atoms with E-state index in [1.54, 1.807) is 0 Å². The van der Waals surface area contributed by atoms with Crippen molar-refractivity contribution >= 4 is 32.3 Å². The first-order valence-electron chi connectivity index (χ1n) is 14.6. The molecule has 8 aromatic rings. The van der Waals surface area contributed by atoms with Gasteiger partial charge in [-0.15, -0.1) is 0 Å². The zero-order valence-corrected chi connectivity index (χ0v) is 23.8. The van der Waals surface area contributed by atoms with Crippen molar-refractivity contribution < 1.29 is 0 Å². The maximum Gasteiger partial charge on any atom is 0.161 e. The summed E-state index contributed by atoms with van der Waals surface area (Å²) in [6.45, 7) is 0. The van der Waals surface area contributed by atoms with Crippen molar-refractivity contribution in [3.63, 3.8) is 0 Å². The van der Waals surface area contributed by atoms with Gasteiger partial charge in [0.15, 0.2) is 5.82 Å². The van der Waals surface area contributed by atoms with Crippen molar-refractivity contribution in [2.75, 3.05) is 0 Å². The first kappa shape index (κ1) is 25.6. The molecule has 8 rings (SSSR count). The molecule has 0 spiro atoms. The van der Waals surface area contributed by atoms with Gasteiger partial charge in [-0.1, -0.05) is 127 Å². The van der Waals surface area contributed by atoms with E-state index in [0.29, 0.717) is 11.4 Å². The zero-order chi connectivity index (χ0) is 29.5. The van der Waals surface area contributed by atoms with Crippen LogP contribution in [-0.4, -0.2) is 9.97 Å². The van der Waals surface area contributed by atoms with Gasteiger partial charge in [-0.25, -0.2) is 9.97 Å². The summed E-state index contributed by atoms with van der Waals surface area (Å²) < 4.78 is 0. The van der Waals surface area contributed by atoms with E-state index < -0.39 is 0 Å². The molecule has 0 aliphatic heterocycles. The second-order valence-corrected chi connectivity index (χ2v) is 10.9. The predicted octanol–water partition coefficient (Wildman–Crippen LogP) is 10.5. The molecule has 44 heavy (non-hydrogen) atoms. The highest BCUT2D eigenvalue weighted by Crippen LogP contribution is 2.41. The zero-order valence-electron chi connectivity index (χ0n) is 23.8. The second-order valence-electron chi connectivity index (χ2n) is 10.9. The Morgan fingerprint density at radius 2 is 1.09 bits per heavy atom. The molecule has 3 nitrogen and oxygen atoms in total. The molecule has 0 unspecified atom stereocenters. The van der Waals surface area contributed by atoms with Crippen LogP contribution in [0.4, 0.5) is 0 Å². The van der Waals surface area contributed by atoms with Crippen LogP contribution in [-0.2, 0) is 0 Å². The Morgan fingerprint density at radius 1 is 0.455 bits per heavy atom. The van der Waals surface area contributed by atoms with Crippen LogP contribution in [0.5, 0.6) is 0 Å². The number of aromatic nitrogens is 2. The Balaban J connectivity index is 1.47. The third kappa shape index (κ3) is 4.38. The number of nitrogens with zero attached hydrogens (tertiary/aromatic N) is 3. The molecule has 0 amide bonds. The Bertz CT molecular complexity index is 2380. The van der Waals surface area contributed by atoms with Crippen molar-refractivity contribution in [3.8, 4) is 51.1 Å². The fourth-order valence-corrected chi connectivity index (χ4v) is 6.21. The van der Waals surface area contributed by atoms with E-state index in [4.69, 9.17) is 9.97 Å². The van der Waals surface area contributed by atoms with Crippen molar-refractivity contribution in [3.05, 3.63) is 157 Å². The Morgan fingerprint density at radius 3 is 1.89 bits per heavy atom. The molecule has 1 aromatic heterocycles. The lowest BCUT2D eigenvalue weighted by atomic mass is 9.92. The van der Waals surface area contributed by atoms with Gasteiger partial charge in [0.2, 0.25) is 0 Å². The van der Waals surface area contributed by atoms with Crippen LogP contribution < -0.4 is 0 Å². The summed E-state index contributed by atoms with van der Waals surface area (Å²) in [6.07, 6.45) is 0. The normalized spacial score (nSPS) is 11.2. The van der Waals surface area contributed by atoms with Crippen LogP contribution in [0.3, 0.4) is 0 Å². The molecule has 0 aliphatic carbocycles. The highest BCUT2D eigenvalue weighted by Gasteiger charge is 2.19. The lowest BCUT2D eigenvalue weighted by Gasteiger charge is -2.16. The summed E-state index contributed by atoms with van der Waals surface area (Å²) in [6, 6.07) is 54.4. The van der Waals surface area contributed by atoms with E-state index in [0.717, 1.165) is 60.8 Å². The summed E-state index contributed by atoms with van der Waals surface area (Å²) >= 11 is 0. The largest absolute Gasteiger partial charge is 0.228 e. The topological polar surface area (TPSA) is 49.6 Å². The van der Waals surface area contributed by atoms with Gasteiger partial charge in [-0.3, -0.25) is 0 Å². The van der Waals surface area contributed by atoms with Crippen LogP contribution in [0, 0.1) is 11.3 Å². The molecular formula is C41H25N3. The van der Waals surface area contributed by atoms with E-state index in [9.17, 15) is 5.26 Å². The molecule has 204 valence electrons. The van der Waals surface area contributed by atoms with Crippen LogP contribution in [0.25, 0.3) is 77.3 Å². The first-order chi connectivity index (χ1) is 21.8. The fourth-order valence-electron chi connectivity index (χ4n) is 6.21. The van der Waals surface area contributed by atoms with Gasteiger partial charge in [-0.05, 0) is 62.3 Å². The van der Waals surface area contributed by atoms with Gasteiger partial charge in [0, 0.05) is 22.1 Å². The highest BCUT2D eigenvalue weighted by atomic mass is 14.9. The van der Waals surface area contributed by atoms with Crippen LogP contribution in [0.2, 0.25) is 0 Å². The fraction of sp³-hybridized carbons (Fsp3) is 0. The van der Waals surface area contributed by atoms with Crippen LogP contribution in [0.15, 0.2) is 152 Å². The van der Waals surface area contributed by atoms with Gasteiger partial charge in [0.1, 0.15) is 0 Å². The molecule has 0 fully saturated rings. The molecule has 0 saturated heterocycles. The first-order valence-corrected chi connectivity index (χ1v) is 14.6. The van der Waals surface area contributed by atoms with Gasteiger partial charge >= 0.3 is 0 Å². The third-order valence-electron chi connectivity index (χ3n) is 8.30. The van der Waals surface area contributed by atoms with Gasteiger partial charge in [0.05, 0.1) is 23.0 Å². The van der Waals surface area contributed by atoms with E-state index in [-0.39, 0.29) is 0 Å². The maximum absolute atomic E-state index is 9.36. The number of benzene rings is 7. The Hall–Kier alpha value is -6.11. The molecule has 0 saturated carbocycles. The predicted molar refractivity (Wildman–Crippen MR) is 181 cm³/mol. The van der Waals surface area contributed by atoms with E-state index in [1.807, 2.05) is 54.6 Å². The van der Waals surface area contributed by atoms with E-state index >= 15 is 0 Å². The van der Waals surface area contributed by atoms with Crippen molar-refractivity contribution in [1.82, 2.24) is 9.97 Å². The summed E-state index contributed by atoms with van der Waals surface area (Å²) in [4.78, 5) is 10.6. The average molecular weight is 560 g/mol. The summed E-state index contributed by atoms with van der Waals surface area (Å²) in [5, 5.41) is 16.3. The monoisotopic (exact) mass is 559 g/mol. The lowest BCUT2D eigenvalue weighted by Crippen LogP contribution is -1.98. The number of hydrogen-bond acceptors (Lipinski definition) is 3. The van der Waals surface area contributed by atoms with Crippen LogP contribution >= 0.6 is 0 Å². The summed E-state index contributed by atoms with van der Waals surface area (Å²) in [7, 11) is 0. The molecule has 0 atom stereocenters. The maximum atomic E-state index is 9.36. The number of hydrogen-bond donors (Lipinski definition) is 0. The minimum atomic E-state index is 0.636. The number of nitriles is 1. The highest BCUT2D eigenvalue weighted by molar-refractivity contribution is 6.21. The van der Waals surface area contributed by atoms with Gasteiger partial charge < -0.3 is 0 Å². The molecule has 0 N–H and O–H groups in total. The molecule has 3 heteroatoms. The summed E-state index contributed by atoms with van der Waals surface area (Å²) in [5.74, 6) is 0.689. The molecule has 7 aromatic carbocycles. The van der Waals surface area contributed by atoms with E-state index in [2.05, 4.69) is 103 Å². The Labute approximate surface area is 255 Å². The average Bonchev–Trinajstić information content (AvgIpc) is 3.10. The molecular weight excluding hydrogens is 534 g/mol. The number of fused-ring (bicyclic) bond motifs is 4. The molecule has 0 radical (unpaired) electrons. The molecule has 0 bridgehead atoms. The minimum Gasteiger partial charge on any atom is -0.228 e. The summed E-state index contributed by atoms with van der Waals surface area (Å²) in [5.41, 5.74) is 7.49. The van der Waals surface area contributed by atoms with Gasteiger partial charge in [-0.2, -0.15) is 5.26 Å². The van der Waals surface area contributed by atoms with E-state index in [1.165, 1.54) is 10.8 Å². The standard InChI is InChI=1S/C41H25N3/c42-26-27-18-20-29(21-19-27)33-14-8-9-17-36(33)38-25-37(30-11-2-1-3-12-30)43-41(44-38)40-35-16-7-5-13-31(35)24-32-23-22-28-10-4-6-15-34(28)39(32)40/h1-25H. The second kappa shape index (κ2) is 10.6. The SMILES string of the molecule is N#Cc1ccc(-c2ccccc2-c2cc(-c3ccccc3)nc(-c3c4ccccc4cc4ccc5ccccc5c34)n2)cc1. The molecule has 0 aliphatic rings. The Kier molecular flexibility index (Phi) is 6.18. The quantitative estimate of drug-likeness (QED) is 0.159. The molecule has 1 heterocycles.